The van der Waals surface area contributed by atoms with Crippen LogP contribution in [-0.2, 0) is 23.6 Å². The Labute approximate surface area is 259 Å². The van der Waals surface area contributed by atoms with Gasteiger partial charge in [0.1, 0.15) is 5.84 Å². The topological polar surface area (TPSA) is 65.3 Å². The number of aliphatic imine (C=N–C) groups is 1. The molecule has 5 rings (SSSR count). The fourth-order valence-corrected chi connectivity index (χ4v) is 6.43. The molecule has 3 heterocycles. The molecule has 0 saturated carbocycles. The van der Waals surface area contributed by atoms with Crippen molar-refractivity contribution < 1.29 is 35.9 Å². The van der Waals surface area contributed by atoms with Gasteiger partial charge in [-0.3, -0.25) is 14.6 Å². The first-order valence-electron chi connectivity index (χ1n) is 14.2. The number of ketones is 1. The molecule has 1 unspecified atom stereocenters. The number of amides is 1. The van der Waals surface area contributed by atoms with Gasteiger partial charge in [-0.15, -0.1) is 0 Å². The van der Waals surface area contributed by atoms with Gasteiger partial charge in [0.05, 0.1) is 34.0 Å². The fraction of sp³-hybridized carbons (Fsp3) is 0.375. The zero-order chi connectivity index (χ0) is 32.7. The van der Waals surface area contributed by atoms with E-state index in [-0.39, 0.29) is 48.0 Å². The molecule has 0 spiro atoms. The molecule has 0 radical (unpaired) electrons. The molecule has 6 nitrogen and oxygen atoms in total. The number of carbonyl (C=O) groups excluding carboxylic acids is 2. The number of aryl methyl sites for hydroxylation is 1. The molecule has 1 amide bonds. The van der Waals surface area contributed by atoms with Gasteiger partial charge in [-0.2, -0.15) is 31.3 Å². The summed E-state index contributed by atoms with van der Waals surface area (Å²) < 4.78 is 79.8. The molecule has 0 N–H and O–H groups in total. The van der Waals surface area contributed by atoms with Gasteiger partial charge in [-0.05, 0) is 97.4 Å². The van der Waals surface area contributed by atoms with Gasteiger partial charge in [-0.1, -0.05) is 24.8 Å². The van der Waals surface area contributed by atoms with Crippen LogP contribution in [0.1, 0.15) is 35.1 Å². The summed E-state index contributed by atoms with van der Waals surface area (Å²) in [5, 5.41) is 1.08. The number of Topliss-reactive ketones (excluding diaryl/α,β-unsaturated/α-hetero) is 1. The summed E-state index contributed by atoms with van der Waals surface area (Å²) in [5.41, 5.74) is -1.52. The lowest BCUT2D eigenvalue weighted by Gasteiger charge is -2.19. The van der Waals surface area contributed by atoms with Crippen molar-refractivity contribution in [3.63, 3.8) is 0 Å². The van der Waals surface area contributed by atoms with Crippen molar-refractivity contribution in [2.45, 2.75) is 37.7 Å². The number of hydrogen-bond acceptors (Lipinski definition) is 6. The maximum atomic E-state index is 13.6. The van der Waals surface area contributed by atoms with Crippen molar-refractivity contribution in [3.05, 3.63) is 86.3 Å². The van der Waals surface area contributed by atoms with E-state index in [2.05, 4.69) is 16.6 Å². The first-order chi connectivity index (χ1) is 21.1. The van der Waals surface area contributed by atoms with E-state index < -0.39 is 29.5 Å². The minimum absolute atomic E-state index is 0.0142. The van der Waals surface area contributed by atoms with Crippen molar-refractivity contribution >= 4 is 40.8 Å². The normalized spacial score (nSPS) is 20.8. The minimum Gasteiger partial charge on any atom is -0.355 e. The van der Waals surface area contributed by atoms with Crippen LogP contribution in [-0.4, -0.2) is 66.4 Å². The van der Waals surface area contributed by atoms with Crippen LogP contribution < -0.4 is 10.6 Å². The SMILES string of the molecule is C=C(C(=O)CN(C)C)[C@@H]1CCN(C2=NC(=O)S/C2=C\c2ccc3c(c2)=CC(CCc2ccc(C(F)(F)F)cc2C(F)(F)F)N=3)C1. The van der Waals surface area contributed by atoms with Crippen molar-refractivity contribution in [1.82, 2.24) is 9.80 Å². The second kappa shape index (κ2) is 12.6. The fourth-order valence-electron chi connectivity index (χ4n) is 5.65. The summed E-state index contributed by atoms with van der Waals surface area (Å²) in [6, 6.07) is 6.72. The molecule has 1 fully saturated rings. The molecule has 0 aromatic heterocycles. The zero-order valence-corrected chi connectivity index (χ0v) is 25.3. The van der Waals surface area contributed by atoms with Gasteiger partial charge in [0, 0.05) is 19.0 Å². The Hall–Kier alpha value is -3.71. The standard InChI is InChI=1S/C32H30F6N4O2S/c1-18(27(43)17-41(2)3)21-10-11-42(16-21)29-28(45-30(44)40-29)13-19-4-9-26-22(12-19)14-24(39-26)8-6-20-5-7-23(31(33,34)35)15-25(20)32(36,37)38/h4-5,7,9,12-15,21,24H,1,6,8,10-11,16-17H2,2-3H3/b28-13-/t21-,24?/m1/s1. The van der Waals surface area contributed by atoms with E-state index in [0.29, 0.717) is 40.8 Å². The smallest absolute Gasteiger partial charge is 0.355 e. The number of carbonyl (C=O) groups is 2. The van der Waals surface area contributed by atoms with Crippen molar-refractivity contribution in [2.75, 3.05) is 33.7 Å². The number of likely N-dealkylation sites (N-methyl/N-ethyl adjacent to an activating group) is 1. The molecule has 1 saturated heterocycles. The molecule has 2 atom stereocenters. The Morgan fingerprint density at radius 3 is 2.56 bits per heavy atom. The predicted octanol–water partition coefficient (Wildman–Crippen LogP) is 5.75. The second-order valence-corrected chi connectivity index (χ2v) is 12.5. The van der Waals surface area contributed by atoms with Crippen molar-refractivity contribution in [1.29, 1.82) is 0 Å². The monoisotopic (exact) mass is 648 g/mol. The number of nitrogens with zero attached hydrogens (tertiary/aromatic N) is 4. The third kappa shape index (κ3) is 7.58. The highest BCUT2D eigenvalue weighted by molar-refractivity contribution is 8.18. The molecule has 3 aliphatic heterocycles. The summed E-state index contributed by atoms with van der Waals surface area (Å²) in [6.45, 7) is 5.44. The van der Waals surface area contributed by atoms with E-state index in [9.17, 15) is 35.9 Å². The van der Waals surface area contributed by atoms with Crippen LogP contribution in [0.3, 0.4) is 0 Å². The summed E-state index contributed by atoms with van der Waals surface area (Å²) in [6.07, 6.45) is -5.35. The lowest BCUT2D eigenvalue weighted by molar-refractivity contribution is -0.143. The molecular formula is C32H30F6N4O2S. The number of likely N-dealkylation sites (tertiary alicyclic amines) is 1. The molecule has 2 aromatic carbocycles. The lowest BCUT2D eigenvalue weighted by Crippen LogP contribution is -2.30. The van der Waals surface area contributed by atoms with Crippen LogP contribution >= 0.6 is 11.8 Å². The third-order valence-electron chi connectivity index (χ3n) is 7.89. The molecule has 2 aromatic rings. The number of alkyl halides is 6. The van der Waals surface area contributed by atoms with Crippen LogP contribution in [0.2, 0.25) is 0 Å². The Morgan fingerprint density at radius 2 is 1.87 bits per heavy atom. The van der Waals surface area contributed by atoms with Gasteiger partial charge in [0.15, 0.2) is 5.78 Å². The summed E-state index contributed by atoms with van der Waals surface area (Å²) >= 11 is 1.01. The number of rotatable bonds is 8. The maximum absolute atomic E-state index is 13.6. The Morgan fingerprint density at radius 1 is 1.11 bits per heavy atom. The first-order valence-corrected chi connectivity index (χ1v) is 15.0. The molecule has 3 aliphatic rings. The molecule has 45 heavy (non-hydrogen) atoms. The number of amidine groups is 1. The van der Waals surface area contributed by atoms with Gasteiger partial charge in [0.2, 0.25) is 0 Å². The molecule has 0 bridgehead atoms. The number of benzene rings is 2. The van der Waals surface area contributed by atoms with E-state index in [1.165, 1.54) is 0 Å². The largest absolute Gasteiger partial charge is 0.416 e. The predicted molar refractivity (Wildman–Crippen MR) is 161 cm³/mol. The van der Waals surface area contributed by atoms with Crippen LogP contribution in [0.4, 0.5) is 31.1 Å². The zero-order valence-electron chi connectivity index (χ0n) is 24.5. The van der Waals surface area contributed by atoms with Crippen molar-refractivity contribution in [2.24, 2.45) is 15.9 Å². The molecular weight excluding hydrogens is 618 g/mol. The quantitative estimate of drug-likeness (QED) is 0.270. The average molecular weight is 649 g/mol. The number of fused-ring (bicyclic) bond motifs is 1. The molecule has 238 valence electrons. The first kappa shape index (κ1) is 32.7. The van der Waals surface area contributed by atoms with Crippen LogP contribution in [0.5, 0.6) is 0 Å². The Bertz CT molecular complexity index is 1730. The molecule has 13 heteroatoms. The van der Waals surface area contributed by atoms with Crippen LogP contribution in [0, 0.1) is 5.92 Å². The lowest BCUT2D eigenvalue weighted by atomic mass is 9.96. The second-order valence-electron chi connectivity index (χ2n) is 11.5. The summed E-state index contributed by atoms with van der Waals surface area (Å²) in [7, 11) is 3.64. The Balaban J connectivity index is 1.29. The van der Waals surface area contributed by atoms with Gasteiger partial charge in [-0.25, -0.2) is 0 Å². The highest BCUT2D eigenvalue weighted by Gasteiger charge is 2.38. The maximum Gasteiger partial charge on any atom is 0.416 e. The summed E-state index contributed by atoms with van der Waals surface area (Å²) in [4.78, 5) is 38.1. The highest BCUT2D eigenvalue weighted by atomic mass is 32.2. The van der Waals surface area contributed by atoms with Gasteiger partial charge in [0.25, 0.3) is 0 Å². The van der Waals surface area contributed by atoms with Crippen LogP contribution in [0.15, 0.2) is 63.4 Å². The highest BCUT2D eigenvalue weighted by Crippen LogP contribution is 2.38. The average Bonchev–Trinajstić information content (AvgIpc) is 3.68. The third-order valence-corrected chi connectivity index (χ3v) is 8.68. The van der Waals surface area contributed by atoms with E-state index >= 15 is 0 Å². The van der Waals surface area contributed by atoms with E-state index in [4.69, 9.17) is 0 Å². The van der Waals surface area contributed by atoms with E-state index in [0.717, 1.165) is 35.0 Å². The van der Waals surface area contributed by atoms with Crippen LogP contribution in [0.25, 0.3) is 12.2 Å². The summed E-state index contributed by atoms with van der Waals surface area (Å²) in [5.74, 6) is 0.495. The Kier molecular flexibility index (Phi) is 9.14. The number of hydrogen-bond donors (Lipinski definition) is 0. The van der Waals surface area contributed by atoms with E-state index in [1.54, 1.807) is 11.0 Å². The number of halogens is 6. The van der Waals surface area contributed by atoms with Gasteiger partial charge < -0.3 is 9.80 Å². The minimum atomic E-state index is -4.92. The van der Waals surface area contributed by atoms with Gasteiger partial charge >= 0.3 is 17.6 Å². The number of thioether (sulfide) groups is 1. The van der Waals surface area contributed by atoms with E-state index in [1.807, 2.05) is 43.3 Å². The van der Waals surface area contributed by atoms with Crippen molar-refractivity contribution in [3.8, 4) is 0 Å². The molecule has 0 aliphatic carbocycles.